The van der Waals surface area contributed by atoms with Crippen LogP contribution in [0.1, 0.15) is 35.3 Å². The second-order valence-corrected chi connectivity index (χ2v) is 8.50. The highest BCUT2D eigenvalue weighted by Crippen LogP contribution is 2.42. The van der Waals surface area contributed by atoms with Gasteiger partial charge in [-0.25, -0.2) is 4.39 Å². The molecule has 8 heteroatoms. The zero-order valence-corrected chi connectivity index (χ0v) is 15.1. The molecule has 1 aromatic heterocycles. The van der Waals surface area contributed by atoms with Gasteiger partial charge < -0.3 is 5.32 Å². The van der Waals surface area contributed by atoms with Gasteiger partial charge in [-0.2, -0.15) is 11.8 Å². The summed E-state index contributed by atoms with van der Waals surface area (Å²) in [6.45, 7) is 0. The van der Waals surface area contributed by atoms with E-state index in [1.165, 1.54) is 17.8 Å². The minimum absolute atomic E-state index is 0.155. The molecule has 1 amide bonds. The van der Waals surface area contributed by atoms with Gasteiger partial charge in [-0.1, -0.05) is 18.2 Å². The van der Waals surface area contributed by atoms with Crippen LogP contribution in [0.3, 0.4) is 0 Å². The lowest BCUT2D eigenvalue weighted by atomic mass is 10.1. The minimum atomic E-state index is -0.502. The van der Waals surface area contributed by atoms with Gasteiger partial charge in [0.25, 0.3) is 5.56 Å². The van der Waals surface area contributed by atoms with Gasteiger partial charge >= 0.3 is 0 Å². The smallest absolute Gasteiger partial charge is 0.270 e. The first-order valence-electron chi connectivity index (χ1n) is 8.23. The van der Waals surface area contributed by atoms with Gasteiger partial charge in [0, 0.05) is 5.56 Å². The molecule has 25 heavy (non-hydrogen) atoms. The normalized spacial score (nSPS) is 21.5. The summed E-state index contributed by atoms with van der Waals surface area (Å²) in [6, 6.07) is 6.60. The highest BCUT2D eigenvalue weighted by atomic mass is 32.2. The van der Waals surface area contributed by atoms with Crippen LogP contribution in [0.15, 0.2) is 29.1 Å². The number of amides is 1. The van der Waals surface area contributed by atoms with Crippen molar-refractivity contribution in [1.82, 2.24) is 9.78 Å². The third-order valence-corrected chi connectivity index (χ3v) is 6.91. The molecule has 0 spiro atoms. The molecule has 0 bridgehead atoms. The van der Waals surface area contributed by atoms with Gasteiger partial charge in [-0.3, -0.25) is 19.4 Å². The van der Waals surface area contributed by atoms with Gasteiger partial charge in [0.05, 0.1) is 22.6 Å². The summed E-state index contributed by atoms with van der Waals surface area (Å²) in [5.41, 5.74) is 0.628. The maximum absolute atomic E-state index is 14.4. The van der Waals surface area contributed by atoms with Crippen LogP contribution in [0.4, 0.5) is 10.2 Å². The van der Waals surface area contributed by atoms with Gasteiger partial charge in [-0.05, 0) is 30.4 Å². The second kappa shape index (κ2) is 6.92. The van der Waals surface area contributed by atoms with Crippen molar-refractivity contribution in [3.8, 4) is 0 Å². The lowest BCUT2D eigenvalue weighted by Gasteiger charge is -2.24. The number of carbonyl (C=O) groups is 1. The Labute approximate surface area is 152 Å². The highest BCUT2D eigenvalue weighted by molar-refractivity contribution is 8.00. The Morgan fingerprint density at radius 1 is 1.16 bits per heavy atom. The maximum Gasteiger partial charge on any atom is 0.270 e. The standard InChI is InChI=1S/C17H18FN3O2S2/c18-12-4-2-1-3-11(12)15-14-16(19-13(22)9-25-15)21(20-17(14)23)10-5-7-24-8-6-10/h1-4,10,15H,5-9H2,(H,19,22)(H,20,23)/t15-/m0/s1. The molecule has 2 N–H and O–H groups in total. The van der Waals surface area contributed by atoms with E-state index in [4.69, 9.17) is 0 Å². The summed E-state index contributed by atoms with van der Waals surface area (Å²) in [5, 5.41) is 5.26. The Morgan fingerprint density at radius 2 is 1.92 bits per heavy atom. The predicted octanol–water partition coefficient (Wildman–Crippen LogP) is 3.16. The van der Waals surface area contributed by atoms with E-state index in [-0.39, 0.29) is 29.1 Å². The fourth-order valence-corrected chi connectivity index (χ4v) is 5.62. The number of nitrogens with one attached hydrogen (secondary N) is 2. The van der Waals surface area contributed by atoms with Crippen LogP contribution in [-0.4, -0.2) is 32.9 Å². The first kappa shape index (κ1) is 16.8. The topological polar surface area (TPSA) is 66.9 Å². The first-order chi connectivity index (χ1) is 12.1. The molecule has 132 valence electrons. The molecule has 2 aliphatic rings. The SMILES string of the molecule is O=C1CS[C@@H](c2ccccc2F)c2c(n(C3CCSCC3)[nH]c2=O)N1. The third-order valence-electron chi connectivity index (χ3n) is 4.61. The van der Waals surface area contributed by atoms with E-state index in [0.29, 0.717) is 16.9 Å². The molecular weight excluding hydrogens is 361 g/mol. The average molecular weight is 379 g/mol. The van der Waals surface area contributed by atoms with Crippen LogP contribution in [0.25, 0.3) is 0 Å². The van der Waals surface area contributed by atoms with Crippen LogP contribution in [-0.2, 0) is 4.79 Å². The molecule has 1 saturated heterocycles. The van der Waals surface area contributed by atoms with Crippen molar-refractivity contribution in [2.75, 3.05) is 22.6 Å². The van der Waals surface area contributed by atoms with Crippen LogP contribution in [0, 0.1) is 5.82 Å². The molecule has 3 heterocycles. The van der Waals surface area contributed by atoms with Crippen LogP contribution in [0.5, 0.6) is 0 Å². The van der Waals surface area contributed by atoms with Gasteiger partial charge in [0.2, 0.25) is 5.91 Å². The lowest BCUT2D eigenvalue weighted by molar-refractivity contribution is -0.113. The number of carbonyl (C=O) groups excluding carboxylic acids is 1. The van der Waals surface area contributed by atoms with Crippen LogP contribution in [0.2, 0.25) is 0 Å². The molecule has 2 aliphatic heterocycles. The zero-order valence-electron chi connectivity index (χ0n) is 13.5. The number of aromatic amines is 1. The number of halogens is 1. The summed E-state index contributed by atoms with van der Waals surface area (Å²) in [6.07, 6.45) is 1.88. The number of fused-ring (bicyclic) bond motifs is 1. The average Bonchev–Trinajstić information content (AvgIpc) is 2.83. The predicted molar refractivity (Wildman–Crippen MR) is 100.0 cm³/mol. The van der Waals surface area contributed by atoms with E-state index in [2.05, 4.69) is 10.4 Å². The molecule has 0 saturated carbocycles. The van der Waals surface area contributed by atoms with E-state index in [0.717, 1.165) is 24.3 Å². The lowest BCUT2D eigenvalue weighted by Crippen LogP contribution is -2.22. The summed E-state index contributed by atoms with van der Waals surface area (Å²) in [4.78, 5) is 24.9. The Kier molecular flexibility index (Phi) is 4.64. The molecule has 5 nitrogen and oxygen atoms in total. The molecule has 0 aliphatic carbocycles. The molecule has 0 radical (unpaired) electrons. The van der Waals surface area contributed by atoms with Crippen molar-refractivity contribution in [3.05, 3.63) is 51.6 Å². The number of hydrogen-bond donors (Lipinski definition) is 2. The van der Waals surface area contributed by atoms with Crippen molar-refractivity contribution >= 4 is 35.2 Å². The van der Waals surface area contributed by atoms with Gasteiger partial charge in [-0.15, -0.1) is 11.8 Å². The van der Waals surface area contributed by atoms with E-state index >= 15 is 0 Å². The Morgan fingerprint density at radius 3 is 2.68 bits per heavy atom. The van der Waals surface area contributed by atoms with Crippen LogP contribution < -0.4 is 10.9 Å². The summed E-state index contributed by atoms with van der Waals surface area (Å²) >= 11 is 3.18. The van der Waals surface area contributed by atoms with Gasteiger partial charge in [0.1, 0.15) is 11.6 Å². The van der Waals surface area contributed by atoms with E-state index in [1.54, 1.807) is 22.9 Å². The van der Waals surface area contributed by atoms with Crippen molar-refractivity contribution in [3.63, 3.8) is 0 Å². The number of aromatic nitrogens is 2. The largest absolute Gasteiger partial charge is 0.310 e. The number of anilines is 1. The summed E-state index contributed by atoms with van der Waals surface area (Å²) in [7, 11) is 0. The van der Waals surface area contributed by atoms with Crippen molar-refractivity contribution in [2.24, 2.45) is 0 Å². The fraction of sp³-hybridized carbons (Fsp3) is 0.412. The molecule has 2 aromatic rings. The zero-order chi connectivity index (χ0) is 17.4. The number of benzene rings is 1. The molecular formula is C17H18FN3O2S2. The second-order valence-electron chi connectivity index (χ2n) is 6.18. The van der Waals surface area contributed by atoms with E-state index in [9.17, 15) is 14.0 Å². The quantitative estimate of drug-likeness (QED) is 0.841. The fourth-order valence-electron chi connectivity index (χ4n) is 3.39. The van der Waals surface area contributed by atoms with Crippen molar-refractivity contribution < 1.29 is 9.18 Å². The number of nitrogens with zero attached hydrogens (tertiary/aromatic N) is 1. The molecule has 4 rings (SSSR count). The van der Waals surface area contributed by atoms with E-state index in [1.807, 2.05) is 11.8 Å². The summed E-state index contributed by atoms with van der Waals surface area (Å²) in [5.74, 6) is 2.22. The first-order valence-corrected chi connectivity index (χ1v) is 10.4. The number of hydrogen-bond acceptors (Lipinski definition) is 4. The Balaban J connectivity index is 1.84. The van der Waals surface area contributed by atoms with Crippen molar-refractivity contribution in [1.29, 1.82) is 0 Å². The molecule has 1 aromatic carbocycles. The maximum atomic E-state index is 14.4. The highest BCUT2D eigenvalue weighted by Gasteiger charge is 2.33. The van der Waals surface area contributed by atoms with Crippen molar-refractivity contribution in [2.45, 2.75) is 24.1 Å². The molecule has 1 fully saturated rings. The number of rotatable bonds is 2. The summed E-state index contributed by atoms with van der Waals surface area (Å²) < 4.78 is 16.2. The Hall–Kier alpha value is -1.67. The third kappa shape index (κ3) is 3.13. The molecule has 0 unspecified atom stereocenters. The number of H-pyrrole nitrogens is 1. The minimum Gasteiger partial charge on any atom is -0.310 e. The Bertz CT molecular complexity index is 858. The number of thioether (sulfide) groups is 2. The van der Waals surface area contributed by atoms with E-state index < -0.39 is 5.25 Å². The monoisotopic (exact) mass is 379 g/mol. The molecule has 1 atom stereocenters. The van der Waals surface area contributed by atoms with Crippen LogP contribution >= 0.6 is 23.5 Å². The van der Waals surface area contributed by atoms with Gasteiger partial charge in [0.15, 0.2) is 0 Å².